The minimum atomic E-state index is 0.832. The zero-order valence-corrected chi connectivity index (χ0v) is 9.02. The number of rotatable bonds is 4. The molecule has 0 bridgehead atoms. The molecule has 0 heterocycles. The molecule has 0 unspecified atom stereocenters. The Morgan fingerprint density at radius 3 is 1.55 bits per heavy atom. The lowest BCUT2D eigenvalue weighted by Crippen LogP contribution is -2.20. The highest BCUT2D eigenvalue weighted by Crippen LogP contribution is 2.27. The Morgan fingerprint density at radius 1 is 0.818 bits per heavy atom. The van der Waals surface area contributed by atoms with Crippen molar-refractivity contribution in [1.82, 2.24) is 0 Å². The van der Waals surface area contributed by atoms with Crippen LogP contribution in [0.25, 0.3) is 0 Å². The lowest BCUT2D eigenvalue weighted by atomic mass is 9.78. The zero-order chi connectivity index (χ0) is 9.02. The van der Waals surface area contributed by atoms with E-state index in [0.29, 0.717) is 0 Å². The molecule has 0 spiro atoms. The predicted molar refractivity (Wildman–Crippen MR) is 52.6 cm³/mol. The Balaban J connectivity index is 3.90. The molecule has 0 rings (SSSR count). The fraction of sp³-hybridized carbons (Fsp3) is 1.00. The van der Waals surface area contributed by atoms with E-state index in [9.17, 15) is 0 Å². The lowest BCUT2D eigenvalue weighted by molar-refractivity contribution is 0.219. The Kier molecular flexibility index (Phi) is 4.79. The quantitative estimate of drug-likeness (QED) is 0.578. The highest BCUT2D eigenvalue weighted by atomic mass is 14.2. The van der Waals surface area contributed by atoms with Gasteiger partial charge in [-0.1, -0.05) is 48.0 Å². The van der Waals surface area contributed by atoms with Crippen molar-refractivity contribution in [3.8, 4) is 0 Å². The molecular formula is C11H24. The highest BCUT2D eigenvalue weighted by molar-refractivity contribution is 4.69. The molecule has 0 aromatic rings. The van der Waals surface area contributed by atoms with Crippen LogP contribution < -0.4 is 0 Å². The van der Waals surface area contributed by atoms with Crippen molar-refractivity contribution < 1.29 is 0 Å². The van der Waals surface area contributed by atoms with E-state index >= 15 is 0 Å². The van der Waals surface area contributed by atoms with Crippen LogP contribution in [-0.4, -0.2) is 0 Å². The lowest BCUT2D eigenvalue weighted by Gasteiger charge is -2.28. The molecule has 0 saturated carbocycles. The van der Waals surface area contributed by atoms with Crippen molar-refractivity contribution >= 4 is 0 Å². The van der Waals surface area contributed by atoms with Crippen molar-refractivity contribution in [1.29, 1.82) is 0 Å². The van der Waals surface area contributed by atoms with Gasteiger partial charge in [0, 0.05) is 0 Å². The molecule has 0 saturated heterocycles. The molecule has 0 aliphatic rings. The van der Waals surface area contributed by atoms with Crippen LogP contribution in [0, 0.1) is 23.7 Å². The summed E-state index contributed by atoms with van der Waals surface area (Å²) in [6.45, 7) is 14.1. The summed E-state index contributed by atoms with van der Waals surface area (Å²) in [5.41, 5.74) is 0. The maximum Gasteiger partial charge on any atom is -0.0389 e. The van der Waals surface area contributed by atoms with Crippen LogP contribution in [0.3, 0.4) is 0 Å². The van der Waals surface area contributed by atoms with E-state index in [2.05, 4.69) is 41.5 Å². The summed E-state index contributed by atoms with van der Waals surface area (Å²) in [7, 11) is 0. The fourth-order valence-electron chi connectivity index (χ4n) is 1.50. The monoisotopic (exact) mass is 156 g/mol. The topological polar surface area (TPSA) is 0 Å². The van der Waals surface area contributed by atoms with Crippen LogP contribution in [0.5, 0.6) is 0 Å². The van der Waals surface area contributed by atoms with Gasteiger partial charge in [0.05, 0.1) is 0 Å². The first-order valence-electron chi connectivity index (χ1n) is 5.00. The van der Waals surface area contributed by atoms with Gasteiger partial charge in [0.2, 0.25) is 0 Å². The second-order valence-electron chi connectivity index (χ2n) is 4.35. The summed E-state index contributed by atoms with van der Waals surface area (Å²) < 4.78 is 0. The largest absolute Gasteiger partial charge is 0.0651 e. The molecule has 0 N–H and O–H groups in total. The molecule has 0 aromatic carbocycles. The van der Waals surface area contributed by atoms with Crippen LogP contribution >= 0.6 is 0 Å². The molecule has 68 valence electrons. The van der Waals surface area contributed by atoms with Gasteiger partial charge in [0.25, 0.3) is 0 Å². The van der Waals surface area contributed by atoms with Crippen LogP contribution in [-0.2, 0) is 0 Å². The molecule has 0 aromatic heterocycles. The van der Waals surface area contributed by atoms with E-state index in [1.807, 2.05) is 0 Å². The summed E-state index contributed by atoms with van der Waals surface area (Å²) in [6.07, 6.45) is 1.32. The third kappa shape index (κ3) is 3.27. The van der Waals surface area contributed by atoms with Gasteiger partial charge in [-0.25, -0.2) is 0 Å². The first-order valence-corrected chi connectivity index (χ1v) is 5.00. The van der Waals surface area contributed by atoms with E-state index < -0.39 is 0 Å². The summed E-state index contributed by atoms with van der Waals surface area (Å²) in [5, 5.41) is 0. The maximum atomic E-state index is 2.39. The minimum Gasteiger partial charge on any atom is -0.0651 e. The van der Waals surface area contributed by atoms with Crippen molar-refractivity contribution in [2.75, 3.05) is 0 Å². The number of hydrogen-bond donors (Lipinski definition) is 0. The van der Waals surface area contributed by atoms with E-state index in [-0.39, 0.29) is 0 Å². The summed E-state index contributed by atoms with van der Waals surface area (Å²) >= 11 is 0. The SMILES string of the molecule is CC[C@@H](C)[C@@H](C)[C@@H](C)C(C)C. The molecule has 0 amide bonds. The highest BCUT2D eigenvalue weighted by Gasteiger charge is 2.19. The molecule has 0 fully saturated rings. The van der Waals surface area contributed by atoms with Gasteiger partial charge in [0.15, 0.2) is 0 Å². The summed E-state index contributed by atoms with van der Waals surface area (Å²) in [5.74, 6) is 3.45. The van der Waals surface area contributed by atoms with Crippen LogP contribution in [0.15, 0.2) is 0 Å². The molecule has 0 radical (unpaired) electrons. The van der Waals surface area contributed by atoms with Gasteiger partial charge in [-0.15, -0.1) is 0 Å². The van der Waals surface area contributed by atoms with Gasteiger partial charge in [0.1, 0.15) is 0 Å². The third-order valence-corrected chi connectivity index (χ3v) is 3.42. The second kappa shape index (κ2) is 4.79. The number of hydrogen-bond acceptors (Lipinski definition) is 0. The van der Waals surface area contributed by atoms with Gasteiger partial charge in [-0.05, 0) is 23.7 Å². The normalized spacial score (nSPS) is 19.9. The molecule has 0 heteroatoms. The first kappa shape index (κ1) is 11.0. The molecular weight excluding hydrogens is 132 g/mol. The van der Waals surface area contributed by atoms with Crippen LogP contribution in [0.2, 0.25) is 0 Å². The van der Waals surface area contributed by atoms with Gasteiger partial charge in [-0.3, -0.25) is 0 Å². The maximum absolute atomic E-state index is 2.39. The zero-order valence-electron chi connectivity index (χ0n) is 9.02. The Bertz CT molecular complexity index is 94.2. The van der Waals surface area contributed by atoms with Gasteiger partial charge in [-0.2, -0.15) is 0 Å². The standard InChI is InChI=1S/C11H24/c1-7-9(4)11(6)10(5)8(2)3/h8-11H,7H2,1-6H3/t9-,10+,11-/m1/s1. The van der Waals surface area contributed by atoms with Crippen LogP contribution in [0.1, 0.15) is 48.0 Å². The Morgan fingerprint density at radius 2 is 1.27 bits per heavy atom. The van der Waals surface area contributed by atoms with Gasteiger partial charge < -0.3 is 0 Å². The summed E-state index contributed by atoms with van der Waals surface area (Å²) in [6, 6.07) is 0. The van der Waals surface area contributed by atoms with E-state index in [1.54, 1.807) is 0 Å². The van der Waals surface area contributed by atoms with E-state index in [1.165, 1.54) is 6.42 Å². The summed E-state index contributed by atoms with van der Waals surface area (Å²) in [4.78, 5) is 0. The average Bonchev–Trinajstić information content (AvgIpc) is 2.00. The van der Waals surface area contributed by atoms with E-state index in [4.69, 9.17) is 0 Å². The molecule has 0 nitrogen and oxygen atoms in total. The second-order valence-corrected chi connectivity index (χ2v) is 4.35. The van der Waals surface area contributed by atoms with Gasteiger partial charge >= 0.3 is 0 Å². The molecule has 11 heavy (non-hydrogen) atoms. The molecule has 0 aliphatic carbocycles. The first-order chi connectivity index (χ1) is 5.00. The Labute approximate surface area is 72.4 Å². The average molecular weight is 156 g/mol. The fourth-order valence-corrected chi connectivity index (χ4v) is 1.50. The molecule has 3 atom stereocenters. The van der Waals surface area contributed by atoms with Crippen LogP contribution in [0.4, 0.5) is 0 Å². The van der Waals surface area contributed by atoms with Crippen molar-refractivity contribution in [3.63, 3.8) is 0 Å². The molecule has 0 aliphatic heterocycles. The smallest absolute Gasteiger partial charge is 0.0389 e. The van der Waals surface area contributed by atoms with E-state index in [0.717, 1.165) is 23.7 Å². The Hall–Kier alpha value is 0. The van der Waals surface area contributed by atoms with Crippen molar-refractivity contribution in [2.24, 2.45) is 23.7 Å². The predicted octanol–water partition coefficient (Wildman–Crippen LogP) is 3.96. The van der Waals surface area contributed by atoms with Crippen molar-refractivity contribution in [3.05, 3.63) is 0 Å². The third-order valence-electron chi connectivity index (χ3n) is 3.42. The van der Waals surface area contributed by atoms with Crippen molar-refractivity contribution in [2.45, 2.75) is 48.0 Å². The minimum absolute atomic E-state index is 0.832.